The highest BCUT2D eigenvalue weighted by Crippen LogP contribution is 2.29. The van der Waals surface area contributed by atoms with Crippen molar-refractivity contribution in [3.63, 3.8) is 0 Å². The molecule has 4 aromatic rings. The van der Waals surface area contributed by atoms with E-state index in [1.165, 1.54) is 5.56 Å². The predicted molar refractivity (Wildman–Crippen MR) is 180 cm³/mol. The van der Waals surface area contributed by atoms with Gasteiger partial charge in [0.2, 0.25) is 11.8 Å². The second-order valence-electron chi connectivity index (χ2n) is 12.2. The molecule has 4 aromatic carbocycles. The van der Waals surface area contributed by atoms with E-state index >= 15 is 0 Å². The molecular formula is C37H40N6O4. The number of benzene rings is 4. The van der Waals surface area contributed by atoms with Crippen molar-refractivity contribution in [3.05, 3.63) is 131 Å². The molecule has 0 spiro atoms. The van der Waals surface area contributed by atoms with E-state index in [4.69, 9.17) is 0 Å². The number of carbonyl (C=O) groups excluding carboxylic acids is 3. The Morgan fingerprint density at radius 1 is 0.851 bits per heavy atom. The van der Waals surface area contributed by atoms with Crippen LogP contribution in [0.15, 0.2) is 109 Å². The van der Waals surface area contributed by atoms with Gasteiger partial charge in [-0.25, -0.2) is 14.8 Å². The molecule has 242 valence electrons. The second-order valence-corrected chi connectivity index (χ2v) is 12.2. The van der Waals surface area contributed by atoms with Crippen LogP contribution < -0.4 is 10.2 Å². The van der Waals surface area contributed by atoms with Gasteiger partial charge in [0.05, 0.1) is 13.1 Å². The number of phenolic OH excluding ortho intramolecular Hbond substituents is 1. The topological polar surface area (TPSA) is 99.7 Å². The minimum Gasteiger partial charge on any atom is -0.508 e. The molecule has 2 aliphatic rings. The number of amides is 4. The third-order valence-electron chi connectivity index (χ3n) is 8.79. The molecule has 2 fully saturated rings. The van der Waals surface area contributed by atoms with Gasteiger partial charge < -0.3 is 25.1 Å². The van der Waals surface area contributed by atoms with Gasteiger partial charge in [0.15, 0.2) is 0 Å². The van der Waals surface area contributed by atoms with Crippen LogP contribution in [0.3, 0.4) is 0 Å². The lowest BCUT2D eigenvalue weighted by Gasteiger charge is -2.54. The number of nitrogens with one attached hydrogen (secondary N) is 1. The van der Waals surface area contributed by atoms with E-state index in [1.807, 2.05) is 73.8 Å². The van der Waals surface area contributed by atoms with Crippen molar-refractivity contribution in [2.45, 2.75) is 38.3 Å². The van der Waals surface area contributed by atoms with E-state index in [0.717, 1.165) is 28.9 Å². The van der Waals surface area contributed by atoms with Crippen molar-refractivity contribution in [1.29, 1.82) is 0 Å². The molecule has 2 atom stereocenters. The van der Waals surface area contributed by atoms with Gasteiger partial charge in [0.25, 0.3) is 0 Å². The van der Waals surface area contributed by atoms with Crippen LogP contribution in [-0.2, 0) is 35.6 Å². The Bertz CT molecular complexity index is 1700. The molecule has 2 heterocycles. The normalized spacial score (nSPS) is 18.2. The first kappa shape index (κ1) is 31.6. The quantitative estimate of drug-likeness (QED) is 0.287. The first-order chi connectivity index (χ1) is 22.8. The van der Waals surface area contributed by atoms with Crippen molar-refractivity contribution in [2.24, 2.45) is 0 Å². The van der Waals surface area contributed by atoms with Crippen molar-refractivity contribution in [2.75, 3.05) is 32.1 Å². The lowest BCUT2D eigenvalue weighted by molar-refractivity contribution is -0.187. The molecule has 2 unspecified atom stereocenters. The summed E-state index contributed by atoms with van der Waals surface area (Å²) in [5, 5.41) is 16.1. The molecular weight excluding hydrogens is 592 g/mol. The van der Waals surface area contributed by atoms with E-state index in [0.29, 0.717) is 13.1 Å². The third-order valence-corrected chi connectivity index (χ3v) is 8.79. The van der Waals surface area contributed by atoms with E-state index in [9.17, 15) is 19.5 Å². The predicted octanol–water partition coefficient (Wildman–Crippen LogP) is 4.21. The average molecular weight is 633 g/mol. The number of anilines is 1. The number of likely N-dealkylation sites (N-methyl/N-ethyl adjacent to an activating group) is 1. The van der Waals surface area contributed by atoms with Crippen LogP contribution in [0.1, 0.15) is 22.3 Å². The Morgan fingerprint density at radius 3 is 2.21 bits per heavy atom. The number of carbonyl (C=O) groups is 3. The fraction of sp³-hybridized carbons (Fsp3) is 0.270. The van der Waals surface area contributed by atoms with Gasteiger partial charge in [0, 0.05) is 45.8 Å². The third kappa shape index (κ3) is 7.23. The number of aromatic hydroxyl groups is 1. The number of fused-ring (bicyclic) bond motifs is 1. The van der Waals surface area contributed by atoms with E-state index in [-0.39, 0.29) is 43.1 Å². The summed E-state index contributed by atoms with van der Waals surface area (Å²) >= 11 is 0. The molecule has 4 amide bonds. The lowest BCUT2D eigenvalue weighted by Crippen LogP contribution is -2.76. The fourth-order valence-electron chi connectivity index (χ4n) is 6.42. The molecule has 10 heteroatoms. The van der Waals surface area contributed by atoms with Crippen LogP contribution in [0.4, 0.5) is 10.5 Å². The molecule has 6 rings (SSSR count). The maximum atomic E-state index is 14.3. The van der Waals surface area contributed by atoms with Crippen LogP contribution in [-0.4, -0.2) is 82.2 Å². The molecule has 2 saturated heterocycles. The molecule has 0 bridgehead atoms. The Morgan fingerprint density at radius 2 is 1.51 bits per heavy atom. The zero-order valence-corrected chi connectivity index (χ0v) is 26.7. The van der Waals surface area contributed by atoms with Gasteiger partial charge in [-0.2, -0.15) is 0 Å². The molecule has 2 aliphatic heterocycles. The van der Waals surface area contributed by atoms with Gasteiger partial charge in [-0.1, -0.05) is 84.9 Å². The molecule has 10 nitrogen and oxygen atoms in total. The molecule has 2 N–H and O–H groups in total. The summed E-state index contributed by atoms with van der Waals surface area (Å²) in [4.78, 5) is 47.2. The van der Waals surface area contributed by atoms with Crippen molar-refractivity contribution in [1.82, 2.24) is 25.1 Å². The van der Waals surface area contributed by atoms with Crippen molar-refractivity contribution in [3.8, 4) is 5.75 Å². The monoisotopic (exact) mass is 632 g/mol. The Kier molecular flexibility index (Phi) is 9.40. The van der Waals surface area contributed by atoms with E-state index in [1.54, 1.807) is 51.1 Å². The van der Waals surface area contributed by atoms with Gasteiger partial charge in [-0.05, 0) is 46.5 Å². The number of hydrazine groups is 1. The minimum absolute atomic E-state index is 0.0373. The first-order valence-corrected chi connectivity index (χ1v) is 15.8. The Labute approximate surface area is 275 Å². The second kappa shape index (κ2) is 14.0. The van der Waals surface area contributed by atoms with Crippen LogP contribution in [0, 0.1) is 0 Å². The summed E-state index contributed by atoms with van der Waals surface area (Å²) in [6, 6.07) is 33.5. The van der Waals surface area contributed by atoms with Gasteiger partial charge in [0.1, 0.15) is 18.0 Å². The largest absolute Gasteiger partial charge is 0.508 e. The maximum Gasteiger partial charge on any atom is 0.334 e. The van der Waals surface area contributed by atoms with Gasteiger partial charge in [-0.3, -0.25) is 9.59 Å². The lowest BCUT2D eigenvalue weighted by atomic mass is 9.98. The first-order valence-electron chi connectivity index (χ1n) is 15.8. The van der Waals surface area contributed by atoms with Gasteiger partial charge in [-0.15, -0.1) is 0 Å². The zero-order valence-electron chi connectivity index (χ0n) is 26.7. The number of phenols is 1. The number of hydrogen-bond donors (Lipinski definition) is 2. The highest BCUT2D eigenvalue weighted by atomic mass is 16.3. The molecule has 0 aromatic heterocycles. The van der Waals surface area contributed by atoms with Crippen LogP contribution in [0.2, 0.25) is 0 Å². The Balaban J connectivity index is 1.28. The zero-order chi connectivity index (χ0) is 32.9. The van der Waals surface area contributed by atoms with Crippen LogP contribution in [0.5, 0.6) is 5.75 Å². The van der Waals surface area contributed by atoms with Crippen LogP contribution in [0.25, 0.3) is 0 Å². The number of urea groups is 1. The number of rotatable bonds is 9. The summed E-state index contributed by atoms with van der Waals surface area (Å²) in [5.41, 5.74) is 4.92. The molecule has 47 heavy (non-hydrogen) atoms. The highest BCUT2D eigenvalue weighted by molar-refractivity contribution is 5.91. The number of hydrogen-bond acceptors (Lipinski definition) is 6. The van der Waals surface area contributed by atoms with E-state index < -0.39 is 12.2 Å². The number of piperazine rings is 1. The average Bonchev–Trinajstić information content (AvgIpc) is 3.07. The summed E-state index contributed by atoms with van der Waals surface area (Å²) in [5.74, 6) is -0.275. The van der Waals surface area contributed by atoms with Crippen molar-refractivity contribution < 1.29 is 19.5 Å². The highest BCUT2D eigenvalue weighted by Gasteiger charge is 2.50. The maximum absolute atomic E-state index is 14.3. The summed E-state index contributed by atoms with van der Waals surface area (Å²) in [7, 11) is 3.76. The molecule has 0 aliphatic carbocycles. The van der Waals surface area contributed by atoms with Crippen molar-refractivity contribution >= 4 is 23.5 Å². The SMILES string of the molecule is CN(Cc1ccccc1)c1cccc(CN2CC3N(C(=O)CN(C)N3C(=O)NCc3ccccc3)C(Cc3ccc(O)cc3)C2=O)c1. The minimum atomic E-state index is -0.826. The smallest absolute Gasteiger partial charge is 0.334 e. The standard InChI is InChI=1S/C37H40N6O4/c1-39(23-29-12-7-4-8-13-29)31-15-9-14-30(20-31)24-41-25-34-42(33(36(41)46)21-27-16-18-32(44)19-17-27)35(45)26-40(2)43(34)37(47)38-22-28-10-5-3-6-11-28/h3-20,33-34,44H,21-26H2,1-2H3,(H,38,47). The summed E-state index contributed by atoms with van der Waals surface area (Å²) < 4.78 is 0. The van der Waals surface area contributed by atoms with Crippen LogP contribution >= 0.6 is 0 Å². The fourth-order valence-corrected chi connectivity index (χ4v) is 6.42. The number of nitrogens with zero attached hydrogens (tertiary/aromatic N) is 5. The molecule has 0 radical (unpaired) electrons. The Hall–Kier alpha value is -5.35. The summed E-state index contributed by atoms with van der Waals surface area (Å²) in [6.45, 7) is 1.50. The summed E-state index contributed by atoms with van der Waals surface area (Å²) in [6.07, 6.45) is -0.457. The van der Waals surface area contributed by atoms with Gasteiger partial charge >= 0.3 is 6.03 Å². The molecule has 0 saturated carbocycles. The van der Waals surface area contributed by atoms with E-state index in [2.05, 4.69) is 28.4 Å².